The molecule has 0 saturated heterocycles. The second-order valence-electron chi connectivity index (χ2n) is 21.7. The molecule has 378 valence electrons. The van der Waals surface area contributed by atoms with Gasteiger partial charge in [-0.15, -0.1) is 0 Å². The Morgan fingerprint density at radius 2 is 0.783 bits per heavy atom. The Labute approximate surface area is 435 Å². The summed E-state index contributed by atoms with van der Waals surface area (Å²) in [6.07, 6.45) is 12.8. The van der Waals surface area contributed by atoms with Crippen LogP contribution < -0.4 is 0 Å². The lowest BCUT2D eigenvalue weighted by Crippen LogP contribution is -2.12. The Kier molecular flexibility index (Phi) is 26.9. The number of aryl methyl sites for hydroxylation is 10. The molecule has 0 atom stereocenters. The molecule has 0 radical (unpaired) electrons. The number of hydrogen-bond acceptors (Lipinski definition) is 0. The van der Waals surface area contributed by atoms with Crippen molar-refractivity contribution in [2.75, 3.05) is 0 Å². The van der Waals surface area contributed by atoms with Crippen molar-refractivity contribution < 1.29 is 6.85 Å². The lowest BCUT2D eigenvalue weighted by molar-refractivity contribution is 0.279. The number of benzene rings is 6. The molecule has 2 aliphatic carbocycles. The maximum absolute atomic E-state index is 7.83. The third-order valence-corrected chi connectivity index (χ3v) is 12.4. The van der Waals surface area contributed by atoms with E-state index in [0.717, 1.165) is 24.0 Å². The Morgan fingerprint density at radius 3 is 1.10 bits per heavy atom. The summed E-state index contributed by atoms with van der Waals surface area (Å²) >= 11 is 0. The molecule has 0 heterocycles. The number of rotatable bonds is 2. The molecule has 2 fully saturated rings. The molecule has 6 aromatic rings. The van der Waals surface area contributed by atoms with E-state index in [-0.39, 0.29) is 11.8 Å². The quantitative estimate of drug-likeness (QED) is 0.162. The van der Waals surface area contributed by atoms with Crippen molar-refractivity contribution in [1.82, 2.24) is 0 Å². The van der Waals surface area contributed by atoms with Crippen molar-refractivity contribution in [3.05, 3.63) is 200 Å². The van der Waals surface area contributed by atoms with Crippen LogP contribution in [0.1, 0.15) is 186 Å². The zero-order valence-corrected chi connectivity index (χ0v) is 47.4. The highest BCUT2D eigenvalue weighted by Gasteiger charge is 2.15. The van der Waals surface area contributed by atoms with Gasteiger partial charge in [0, 0.05) is 6.85 Å². The Bertz CT molecular complexity index is 2320. The van der Waals surface area contributed by atoms with E-state index in [4.69, 9.17) is 6.85 Å². The highest BCUT2D eigenvalue weighted by molar-refractivity contribution is 5.63. The van der Waals surface area contributed by atoms with E-state index in [1.54, 1.807) is 12.1 Å². The highest BCUT2D eigenvalue weighted by Crippen LogP contribution is 2.29. The summed E-state index contributed by atoms with van der Waals surface area (Å²) < 4.78 is 37.3. The minimum absolute atomic E-state index is 0.0712. The first-order chi connectivity index (χ1) is 34.3. The van der Waals surface area contributed by atoms with Crippen LogP contribution >= 0.6 is 0 Å². The van der Waals surface area contributed by atoms with E-state index in [9.17, 15) is 0 Å². The molecule has 6 aromatic carbocycles. The van der Waals surface area contributed by atoms with E-state index >= 15 is 0 Å². The molecule has 2 aliphatic rings. The molecule has 2 saturated carbocycles. The first-order valence-corrected chi connectivity index (χ1v) is 26.1. The first-order valence-electron chi connectivity index (χ1n) is 28.6. The molecule has 0 aliphatic heterocycles. The predicted octanol–water partition coefficient (Wildman–Crippen LogP) is 21.7. The molecule has 8 rings (SSSR count). The van der Waals surface area contributed by atoms with Gasteiger partial charge >= 0.3 is 0 Å². The lowest BCUT2D eigenvalue weighted by Gasteiger charge is -2.24. The van der Waals surface area contributed by atoms with Gasteiger partial charge in [0.25, 0.3) is 0 Å². The first kappa shape index (κ1) is 53.7. The zero-order valence-electron chi connectivity index (χ0n) is 52.4. The standard InChI is InChI=1S/C13H12.C10H14.2C9H12.C9H18.C7H14.C7H8.C5H12/c1-11-7-9-13(10-8-11)12-5-3-2-4-6-12;1-7-5-8(2)10(4)9(3)6-7;1-7-4-8(2)6-9(3)5-7;1-7-5-4-6-8(2)9(7)3;1-8(2)9-6-4-3-5-7-9;2*1-7-5-3-2-4-6-7;1-5(2,3)4/h2-10H,1H3;5-6H,1-4H3;2*4-6H,1-3H3;8-9H,3-7H2,1-2H3;7H,2-6H2,1H3;2-6H,1H3;1-4H3/i;1D3;;;8D;7D;;. The van der Waals surface area contributed by atoms with Gasteiger partial charge in [0.2, 0.25) is 0 Å². The van der Waals surface area contributed by atoms with Crippen LogP contribution in [0, 0.1) is 106 Å². The van der Waals surface area contributed by atoms with Gasteiger partial charge in [-0.05, 0) is 151 Å². The van der Waals surface area contributed by atoms with E-state index in [2.05, 4.69) is 180 Å². The van der Waals surface area contributed by atoms with Crippen molar-refractivity contribution in [1.29, 1.82) is 0 Å². The second-order valence-corrected chi connectivity index (χ2v) is 21.7. The molecule has 0 heteroatoms. The van der Waals surface area contributed by atoms with Crippen LogP contribution in [0.25, 0.3) is 11.1 Å². The Morgan fingerprint density at radius 1 is 0.420 bits per heavy atom. The fraction of sp³-hybridized carbons (Fsp3) is 0.478. The molecular formula is C69H102. The summed E-state index contributed by atoms with van der Waals surface area (Å²) in [6.45, 7) is 35.8. The molecule has 0 bridgehead atoms. The second kappa shape index (κ2) is 34.6. The van der Waals surface area contributed by atoms with Crippen molar-refractivity contribution in [2.24, 2.45) is 23.1 Å². The summed E-state index contributed by atoms with van der Waals surface area (Å²) in [5.74, 6) is 0.417. The SMILES string of the molecule is CC(C)(C)C.Cc1cc(C)cc(C)c1.Cc1ccc(-c2ccccc2)cc1.Cc1cccc(C)c1C.Cc1ccccc1.[2H]C(C)(C)C1CCCCC1.[2H]C([2H])([2H])c1cc(C)c(C)c(C)c1.[2H]C1(C)CCCCC1. The lowest BCUT2D eigenvalue weighted by atomic mass is 9.82. The molecule has 0 nitrogen and oxygen atoms in total. The van der Waals surface area contributed by atoms with Gasteiger partial charge in [0.1, 0.15) is 0 Å². The van der Waals surface area contributed by atoms with E-state index in [1.807, 2.05) is 65.8 Å². The molecule has 0 amide bonds. The van der Waals surface area contributed by atoms with Gasteiger partial charge in [-0.2, -0.15) is 0 Å². The third-order valence-electron chi connectivity index (χ3n) is 12.4. The van der Waals surface area contributed by atoms with Gasteiger partial charge < -0.3 is 0 Å². The fourth-order valence-corrected chi connectivity index (χ4v) is 7.88. The van der Waals surface area contributed by atoms with Gasteiger partial charge in [0.15, 0.2) is 0 Å². The van der Waals surface area contributed by atoms with E-state index in [0.29, 0.717) is 16.9 Å². The maximum atomic E-state index is 7.83. The predicted molar refractivity (Wildman–Crippen MR) is 313 cm³/mol. The molecular weight excluding hydrogens is 829 g/mol. The summed E-state index contributed by atoms with van der Waals surface area (Å²) in [7, 11) is 0. The van der Waals surface area contributed by atoms with Gasteiger partial charge in [-0.25, -0.2) is 0 Å². The smallest absolute Gasteiger partial charge is 0.0300 e. The van der Waals surface area contributed by atoms with Crippen LogP contribution in [0.5, 0.6) is 0 Å². The minimum atomic E-state index is -1.98. The van der Waals surface area contributed by atoms with Crippen molar-refractivity contribution in [3.8, 4) is 11.1 Å². The average molecular weight is 937 g/mol. The number of hydrogen-bond donors (Lipinski definition) is 0. The summed E-state index contributed by atoms with van der Waals surface area (Å²) in [5, 5.41) is 0. The Balaban J connectivity index is 0.000000429. The molecule has 0 spiro atoms. The summed E-state index contributed by atoms with van der Waals surface area (Å²) in [4.78, 5) is 0. The Hall–Kier alpha value is -4.68. The summed E-state index contributed by atoms with van der Waals surface area (Å²) in [6, 6.07) is 45.7. The van der Waals surface area contributed by atoms with Gasteiger partial charge in [-0.3, -0.25) is 0 Å². The van der Waals surface area contributed by atoms with Gasteiger partial charge in [-0.1, -0.05) is 280 Å². The van der Waals surface area contributed by atoms with Crippen LogP contribution in [0.2, 0.25) is 0 Å². The monoisotopic (exact) mass is 936 g/mol. The zero-order chi connectivity index (χ0) is 56.3. The summed E-state index contributed by atoms with van der Waals surface area (Å²) in [5.41, 5.74) is 17.6. The topological polar surface area (TPSA) is 0 Å². The van der Waals surface area contributed by atoms with Gasteiger partial charge in [0.05, 0.1) is 0 Å². The normalized spacial score (nSPS) is 15.0. The maximum Gasteiger partial charge on any atom is 0.0300 e. The van der Waals surface area contributed by atoms with E-state index in [1.165, 1.54) is 113 Å². The van der Waals surface area contributed by atoms with Crippen molar-refractivity contribution in [3.63, 3.8) is 0 Å². The molecule has 0 aromatic heterocycles. The van der Waals surface area contributed by atoms with Crippen LogP contribution in [-0.2, 0) is 0 Å². The molecule has 0 unspecified atom stereocenters. The van der Waals surface area contributed by atoms with Crippen LogP contribution in [0.4, 0.5) is 0 Å². The van der Waals surface area contributed by atoms with Crippen LogP contribution in [0.15, 0.2) is 133 Å². The third kappa shape index (κ3) is 31.2. The van der Waals surface area contributed by atoms with Crippen molar-refractivity contribution >= 4 is 0 Å². The minimum Gasteiger partial charge on any atom is -0.0625 e. The van der Waals surface area contributed by atoms with Crippen molar-refractivity contribution in [2.45, 2.75) is 196 Å². The van der Waals surface area contributed by atoms with Crippen LogP contribution in [-0.4, -0.2) is 0 Å². The van der Waals surface area contributed by atoms with E-state index < -0.39 is 6.85 Å². The fourth-order valence-electron chi connectivity index (χ4n) is 7.88. The molecule has 0 N–H and O–H groups in total. The largest absolute Gasteiger partial charge is 0.0625 e. The molecule has 69 heavy (non-hydrogen) atoms. The highest BCUT2D eigenvalue weighted by atomic mass is 14.2. The average Bonchev–Trinajstić information content (AvgIpc) is 3.30. The van der Waals surface area contributed by atoms with Crippen LogP contribution in [0.3, 0.4) is 0 Å².